The van der Waals surface area contributed by atoms with Crippen LogP contribution in [0.5, 0.6) is 5.75 Å². The molecule has 2 N–H and O–H groups in total. The number of piperazine rings is 1. The lowest BCUT2D eigenvalue weighted by Gasteiger charge is -2.35. The van der Waals surface area contributed by atoms with Crippen LogP contribution in [0.3, 0.4) is 0 Å². The van der Waals surface area contributed by atoms with E-state index in [9.17, 15) is 13.2 Å². The van der Waals surface area contributed by atoms with Crippen LogP contribution in [-0.2, 0) is 6.54 Å². The Balaban J connectivity index is 1.80. The molecule has 1 aliphatic rings. The highest BCUT2D eigenvalue weighted by Crippen LogP contribution is 2.23. The van der Waals surface area contributed by atoms with Crippen molar-refractivity contribution >= 4 is 5.96 Å². The zero-order valence-electron chi connectivity index (χ0n) is 19.1. The standard InChI is InChI=1S/C22H36F3N5O/c1-5-29-8-10-30(11-9-29)15-18(3)13-27-21(26-4)28-14-19-7-6-17(2)12-20(19)31-16-22(23,24)25/h6-7,12,18H,5,8-11,13-16H2,1-4H3,(H2,26,27,28). The number of halogens is 3. The van der Waals surface area contributed by atoms with E-state index in [0.29, 0.717) is 24.0 Å². The van der Waals surface area contributed by atoms with E-state index in [2.05, 4.69) is 39.3 Å². The molecule has 0 radical (unpaired) electrons. The molecular formula is C22H36F3N5O. The molecule has 1 aromatic carbocycles. The third-order valence-corrected chi connectivity index (χ3v) is 5.38. The van der Waals surface area contributed by atoms with Gasteiger partial charge in [-0.2, -0.15) is 13.2 Å². The van der Waals surface area contributed by atoms with Crippen molar-refractivity contribution in [2.24, 2.45) is 10.9 Å². The average Bonchev–Trinajstić information content (AvgIpc) is 2.73. The highest BCUT2D eigenvalue weighted by atomic mass is 19.4. The number of alkyl halides is 3. The van der Waals surface area contributed by atoms with Gasteiger partial charge in [-0.15, -0.1) is 0 Å². The van der Waals surface area contributed by atoms with Gasteiger partial charge < -0.3 is 25.2 Å². The Kier molecular flexibility index (Phi) is 9.90. The summed E-state index contributed by atoms with van der Waals surface area (Å²) in [4.78, 5) is 9.18. The van der Waals surface area contributed by atoms with Crippen molar-refractivity contribution < 1.29 is 17.9 Å². The predicted molar refractivity (Wildman–Crippen MR) is 119 cm³/mol. The molecule has 0 aliphatic carbocycles. The minimum absolute atomic E-state index is 0.236. The number of ether oxygens (including phenoxy) is 1. The van der Waals surface area contributed by atoms with Crippen molar-refractivity contribution in [3.63, 3.8) is 0 Å². The topological polar surface area (TPSA) is 52.1 Å². The number of guanidine groups is 1. The van der Waals surface area contributed by atoms with Gasteiger partial charge in [0.15, 0.2) is 12.6 Å². The zero-order valence-corrected chi connectivity index (χ0v) is 19.1. The number of aryl methyl sites for hydroxylation is 1. The van der Waals surface area contributed by atoms with Gasteiger partial charge in [0.2, 0.25) is 0 Å². The molecule has 1 unspecified atom stereocenters. The lowest BCUT2D eigenvalue weighted by atomic mass is 10.1. The Hall–Kier alpha value is -2.00. The van der Waals surface area contributed by atoms with E-state index < -0.39 is 12.8 Å². The van der Waals surface area contributed by atoms with E-state index in [1.165, 1.54) is 0 Å². The number of rotatable bonds is 9. The molecule has 0 bridgehead atoms. The van der Waals surface area contributed by atoms with E-state index in [4.69, 9.17) is 4.74 Å². The maximum absolute atomic E-state index is 12.5. The molecule has 0 aromatic heterocycles. The number of nitrogens with zero attached hydrogens (tertiary/aromatic N) is 3. The summed E-state index contributed by atoms with van der Waals surface area (Å²) >= 11 is 0. The molecule has 1 aliphatic heterocycles. The minimum Gasteiger partial charge on any atom is -0.484 e. The Bertz CT molecular complexity index is 703. The first-order valence-corrected chi connectivity index (χ1v) is 10.9. The molecule has 1 fully saturated rings. The molecule has 0 amide bonds. The normalized spacial score (nSPS) is 17.5. The highest BCUT2D eigenvalue weighted by Gasteiger charge is 2.28. The first-order valence-electron chi connectivity index (χ1n) is 10.9. The van der Waals surface area contributed by atoms with E-state index in [0.717, 1.165) is 51.4 Å². The number of nitrogens with one attached hydrogen (secondary N) is 2. The molecule has 1 atom stereocenters. The Morgan fingerprint density at radius 1 is 1.16 bits per heavy atom. The Morgan fingerprint density at radius 2 is 1.84 bits per heavy atom. The summed E-state index contributed by atoms with van der Waals surface area (Å²) in [6.45, 7) is 12.6. The quantitative estimate of drug-likeness (QED) is 0.454. The van der Waals surface area contributed by atoms with Gasteiger partial charge in [-0.05, 0) is 31.0 Å². The number of hydrogen-bond acceptors (Lipinski definition) is 4. The maximum atomic E-state index is 12.5. The first-order chi connectivity index (χ1) is 14.7. The van der Waals surface area contributed by atoms with Crippen molar-refractivity contribution in [2.45, 2.75) is 33.5 Å². The van der Waals surface area contributed by atoms with Crippen molar-refractivity contribution in [3.8, 4) is 5.75 Å². The molecule has 1 saturated heterocycles. The fourth-order valence-corrected chi connectivity index (χ4v) is 3.57. The summed E-state index contributed by atoms with van der Waals surface area (Å²) in [5.41, 5.74) is 1.50. The number of hydrogen-bond donors (Lipinski definition) is 2. The molecular weight excluding hydrogens is 407 g/mol. The van der Waals surface area contributed by atoms with E-state index in [1.807, 2.05) is 13.0 Å². The molecule has 2 rings (SSSR count). The first kappa shape index (κ1) is 25.3. The highest BCUT2D eigenvalue weighted by molar-refractivity contribution is 5.79. The van der Waals surface area contributed by atoms with Gasteiger partial charge in [0, 0.05) is 58.4 Å². The van der Waals surface area contributed by atoms with Gasteiger partial charge in [0.05, 0.1) is 0 Å². The summed E-state index contributed by atoms with van der Waals surface area (Å²) in [5, 5.41) is 6.49. The van der Waals surface area contributed by atoms with Crippen LogP contribution in [0, 0.1) is 12.8 Å². The van der Waals surface area contributed by atoms with Crippen molar-refractivity contribution in [1.29, 1.82) is 0 Å². The van der Waals surface area contributed by atoms with Crippen molar-refractivity contribution in [3.05, 3.63) is 29.3 Å². The monoisotopic (exact) mass is 443 g/mol. The van der Waals surface area contributed by atoms with Crippen LogP contribution in [-0.4, -0.2) is 81.4 Å². The fourth-order valence-electron chi connectivity index (χ4n) is 3.57. The lowest BCUT2D eigenvalue weighted by Crippen LogP contribution is -2.48. The van der Waals surface area contributed by atoms with Gasteiger partial charge >= 0.3 is 6.18 Å². The maximum Gasteiger partial charge on any atom is 0.422 e. The van der Waals surface area contributed by atoms with Gasteiger partial charge in [0.1, 0.15) is 5.75 Å². The summed E-state index contributed by atoms with van der Waals surface area (Å²) in [6, 6.07) is 5.26. The molecule has 1 heterocycles. The second kappa shape index (κ2) is 12.1. The third kappa shape index (κ3) is 9.35. The Labute approximate surface area is 183 Å². The van der Waals surface area contributed by atoms with Crippen LogP contribution < -0.4 is 15.4 Å². The van der Waals surface area contributed by atoms with Crippen molar-refractivity contribution in [1.82, 2.24) is 20.4 Å². The summed E-state index contributed by atoms with van der Waals surface area (Å²) < 4.78 is 42.7. The van der Waals surface area contributed by atoms with Gasteiger partial charge in [0.25, 0.3) is 0 Å². The summed E-state index contributed by atoms with van der Waals surface area (Å²) in [5.74, 6) is 1.29. The molecule has 176 valence electrons. The average molecular weight is 444 g/mol. The summed E-state index contributed by atoms with van der Waals surface area (Å²) in [6.07, 6.45) is -4.37. The van der Waals surface area contributed by atoms with Crippen LogP contribution >= 0.6 is 0 Å². The van der Waals surface area contributed by atoms with E-state index in [1.54, 1.807) is 19.2 Å². The van der Waals surface area contributed by atoms with Crippen LogP contribution in [0.1, 0.15) is 25.0 Å². The molecule has 0 saturated carbocycles. The van der Waals surface area contributed by atoms with Crippen LogP contribution in [0.2, 0.25) is 0 Å². The van der Waals surface area contributed by atoms with Gasteiger partial charge in [-0.3, -0.25) is 4.99 Å². The van der Waals surface area contributed by atoms with Crippen LogP contribution in [0.25, 0.3) is 0 Å². The number of benzene rings is 1. The Morgan fingerprint density at radius 3 is 2.45 bits per heavy atom. The predicted octanol–water partition coefficient (Wildman–Crippen LogP) is 2.87. The largest absolute Gasteiger partial charge is 0.484 e. The molecule has 9 heteroatoms. The molecule has 6 nitrogen and oxygen atoms in total. The van der Waals surface area contributed by atoms with Crippen LogP contribution in [0.4, 0.5) is 13.2 Å². The fraction of sp³-hybridized carbons (Fsp3) is 0.682. The smallest absolute Gasteiger partial charge is 0.422 e. The van der Waals surface area contributed by atoms with Crippen LogP contribution in [0.15, 0.2) is 23.2 Å². The second-order valence-corrected chi connectivity index (χ2v) is 8.16. The van der Waals surface area contributed by atoms with E-state index in [-0.39, 0.29) is 5.75 Å². The third-order valence-electron chi connectivity index (χ3n) is 5.38. The zero-order chi connectivity index (χ0) is 22.9. The minimum atomic E-state index is -4.37. The number of likely N-dealkylation sites (N-methyl/N-ethyl adjacent to an activating group) is 1. The molecule has 0 spiro atoms. The molecule has 31 heavy (non-hydrogen) atoms. The van der Waals surface area contributed by atoms with Crippen molar-refractivity contribution in [2.75, 3.05) is 59.5 Å². The lowest BCUT2D eigenvalue weighted by molar-refractivity contribution is -0.153. The summed E-state index contributed by atoms with van der Waals surface area (Å²) in [7, 11) is 1.68. The van der Waals surface area contributed by atoms with Gasteiger partial charge in [-0.25, -0.2) is 0 Å². The van der Waals surface area contributed by atoms with E-state index >= 15 is 0 Å². The number of aliphatic imine (C=N–C) groups is 1. The van der Waals surface area contributed by atoms with Gasteiger partial charge in [-0.1, -0.05) is 26.0 Å². The SMILES string of the molecule is CCN1CCN(CC(C)CNC(=NC)NCc2ccc(C)cc2OCC(F)(F)F)CC1. The molecule has 1 aromatic rings. The second-order valence-electron chi connectivity index (χ2n) is 8.16.